The Morgan fingerprint density at radius 2 is 1.69 bits per heavy atom. The number of amides is 3. The quantitative estimate of drug-likeness (QED) is 0.203. The van der Waals surface area contributed by atoms with E-state index in [4.69, 9.17) is 9.47 Å². The van der Waals surface area contributed by atoms with Crippen molar-refractivity contribution in [3.63, 3.8) is 0 Å². The van der Waals surface area contributed by atoms with Crippen molar-refractivity contribution < 1.29 is 29.0 Å². The Morgan fingerprint density at radius 1 is 1.06 bits per heavy atom. The lowest BCUT2D eigenvalue weighted by Gasteiger charge is -2.47. The van der Waals surface area contributed by atoms with Crippen LogP contribution in [0.1, 0.15) is 94.4 Å². The molecule has 3 fully saturated rings. The van der Waals surface area contributed by atoms with Crippen LogP contribution in [-0.4, -0.2) is 87.8 Å². The van der Waals surface area contributed by atoms with Crippen molar-refractivity contribution in [3.8, 4) is 5.75 Å². The minimum Gasteiger partial charge on any atom is -0.494 e. The topological polar surface area (TPSA) is 99.6 Å². The van der Waals surface area contributed by atoms with E-state index in [1.165, 1.54) is 0 Å². The standard InChI is InChI=1S/C40H61N3O6/c1-12-23-41(28-17-19-29(20-18-28)48-16-5)34(45)31-32-35(46)43(30(25-44)27(6)14-3)33(40(32)22-21-39(31,15-4)49-40)36(47)42(24-13-2)38(10,11)26-37(7,8)9/h12-13,17-20,27,30-33,44H,1-2,14-16,21-26H2,3-11H3/t27-,30-,31-,32-,33?,39+,40?/m0/s1. The molecule has 4 rings (SSSR count). The molecule has 2 bridgehead atoms. The number of aliphatic hydroxyl groups is 1. The van der Waals surface area contributed by atoms with Crippen LogP contribution in [0.25, 0.3) is 0 Å². The maximum absolute atomic E-state index is 15.3. The summed E-state index contributed by atoms with van der Waals surface area (Å²) in [7, 11) is 0. The number of aliphatic hydroxyl groups excluding tert-OH is 1. The van der Waals surface area contributed by atoms with Gasteiger partial charge in [0.2, 0.25) is 17.7 Å². The highest BCUT2D eigenvalue weighted by atomic mass is 16.5. The molecule has 1 aromatic rings. The van der Waals surface area contributed by atoms with E-state index >= 15 is 9.59 Å². The average Bonchev–Trinajstić information content (AvgIpc) is 3.65. The zero-order chi connectivity index (χ0) is 36.5. The van der Waals surface area contributed by atoms with Crippen LogP contribution in [0.2, 0.25) is 0 Å². The highest BCUT2D eigenvalue weighted by Crippen LogP contribution is 2.65. The van der Waals surface area contributed by atoms with Gasteiger partial charge in [-0.25, -0.2) is 0 Å². The fraction of sp³-hybridized carbons (Fsp3) is 0.675. The number of hydrogen-bond acceptors (Lipinski definition) is 6. The number of carbonyl (C=O) groups is 3. The Bertz CT molecular complexity index is 1390. The summed E-state index contributed by atoms with van der Waals surface area (Å²) in [6.07, 6.45) is 6.36. The largest absolute Gasteiger partial charge is 0.494 e. The van der Waals surface area contributed by atoms with Crippen LogP contribution in [0.5, 0.6) is 5.75 Å². The maximum atomic E-state index is 15.3. The molecule has 9 heteroatoms. The molecule has 0 radical (unpaired) electrons. The Hall–Kier alpha value is -3.17. The number of likely N-dealkylation sites (tertiary alicyclic amines) is 1. The highest BCUT2D eigenvalue weighted by Gasteiger charge is 2.79. The molecule has 3 aliphatic heterocycles. The van der Waals surface area contributed by atoms with Gasteiger partial charge >= 0.3 is 0 Å². The number of benzene rings is 1. The third-order valence-corrected chi connectivity index (χ3v) is 11.3. The molecule has 3 heterocycles. The molecule has 7 atom stereocenters. The second kappa shape index (κ2) is 14.6. The molecule has 3 saturated heterocycles. The first-order chi connectivity index (χ1) is 23.0. The molecular formula is C40H61N3O6. The van der Waals surface area contributed by atoms with Gasteiger partial charge in [0.1, 0.15) is 17.4 Å². The van der Waals surface area contributed by atoms with E-state index in [9.17, 15) is 9.90 Å². The molecule has 9 nitrogen and oxygen atoms in total. The fourth-order valence-corrected chi connectivity index (χ4v) is 9.30. The fourth-order valence-electron chi connectivity index (χ4n) is 9.30. The number of anilines is 1. The van der Waals surface area contributed by atoms with Crippen LogP contribution in [0.4, 0.5) is 5.69 Å². The molecule has 3 aliphatic rings. The summed E-state index contributed by atoms with van der Waals surface area (Å²) < 4.78 is 12.8. The molecule has 0 aliphatic carbocycles. The number of ether oxygens (including phenoxy) is 2. The van der Waals surface area contributed by atoms with Crippen LogP contribution in [0.3, 0.4) is 0 Å². The molecule has 1 aromatic carbocycles. The Balaban J connectivity index is 1.89. The first-order valence-electron chi connectivity index (χ1n) is 18.2. The predicted octanol–water partition coefficient (Wildman–Crippen LogP) is 6.40. The van der Waals surface area contributed by atoms with Gasteiger partial charge in [-0.15, -0.1) is 13.2 Å². The number of hydrogen-bond donors (Lipinski definition) is 1. The molecule has 1 spiro atoms. The van der Waals surface area contributed by atoms with Crippen LogP contribution >= 0.6 is 0 Å². The number of carbonyl (C=O) groups excluding carboxylic acids is 3. The molecule has 0 aromatic heterocycles. The van der Waals surface area contributed by atoms with Gasteiger partial charge in [0, 0.05) is 24.3 Å². The van der Waals surface area contributed by atoms with E-state index < -0.39 is 40.7 Å². The van der Waals surface area contributed by atoms with Gasteiger partial charge in [-0.2, -0.15) is 0 Å². The minimum absolute atomic E-state index is 0.0822. The lowest BCUT2D eigenvalue weighted by molar-refractivity contribution is -0.161. The van der Waals surface area contributed by atoms with Gasteiger partial charge in [-0.05, 0) is 82.1 Å². The number of fused-ring (bicyclic) bond motifs is 1. The summed E-state index contributed by atoms with van der Waals surface area (Å²) >= 11 is 0. The van der Waals surface area contributed by atoms with Crippen molar-refractivity contribution in [2.75, 3.05) is 31.2 Å². The lowest BCUT2D eigenvalue weighted by atomic mass is 9.64. The molecular weight excluding hydrogens is 618 g/mol. The van der Waals surface area contributed by atoms with Crippen molar-refractivity contribution in [1.82, 2.24) is 9.80 Å². The minimum atomic E-state index is -1.22. The molecule has 1 N–H and O–H groups in total. The van der Waals surface area contributed by atoms with Crippen LogP contribution in [-0.2, 0) is 19.1 Å². The summed E-state index contributed by atoms with van der Waals surface area (Å²) in [5.74, 6) is -1.83. The zero-order valence-electron chi connectivity index (χ0n) is 31.5. The van der Waals surface area contributed by atoms with Crippen LogP contribution in [0.15, 0.2) is 49.6 Å². The molecule has 0 saturated carbocycles. The van der Waals surface area contributed by atoms with E-state index in [0.717, 1.165) is 0 Å². The van der Waals surface area contributed by atoms with Crippen molar-refractivity contribution >= 4 is 23.4 Å². The molecule has 49 heavy (non-hydrogen) atoms. The van der Waals surface area contributed by atoms with Crippen LogP contribution in [0, 0.1) is 23.2 Å². The van der Waals surface area contributed by atoms with Gasteiger partial charge in [0.05, 0.1) is 36.7 Å². The Morgan fingerprint density at radius 3 is 2.20 bits per heavy atom. The second-order valence-corrected chi connectivity index (χ2v) is 16.2. The first-order valence-corrected chi connectivity index (χ1v) is 18.2. The summed E-state index contributed by atoms with van der Waals surface area (Å²) in [5.41, 5.74) is -2.13. The average molecular weight is 680 g/mol. The van der Waals surface area contributed by atoms with Gasteiger partial charge < -0.3 is 29.3 Å². The molecule has 3 amide bonds. The maximum Gasteiger partial charge on any atom is 0.249 e. The first kappa shape index (κ1) is 38.6. The van der Waals surface area contributed by atoms with Gasteiger partial charge in [-0.3, -0.25) is 14.4 Å². The third-order valence-electron chi connectivity index (χ3n) is 11.3. The van der Waals surface area contributed by atoms with Crippen molar-refractivity contribution in [3.05, 3.63) is 49.6 Å². The molecule has 2 unspecified atom stereocenters. The lowest BCUT2D eigenvalue weighted by Crippen LogP contribution is -2.63. The summed E-state index contributed by atoms with van der Waals surface area (Å²) in [6.45, 7) is 27.2. The monoisotopic (exact) mass is 679 g/mol. The smallest absolute Gasteiger partial charge is 0.249 e. The Kier molecular flexibility index (Phi) is 11.5. The normalized spacial score (nSPS) is 27.4. The third kappa shape index (κ3) is 6.82. The number of rotatable bonds is 16. The van der Waals surface area contributed by atoms with Gasteiger partial charge in [0.25, 0.3) is 0 Å². The Labute approximate surface area is 294 Å². The van der Waals surface area contributed by atoms with E-state index in [1.807, 2.05) is 56.9 Å². The second-order valence-electron chi connectivity index (χ2n) is 16.2. The highest BCUT2D eigenvalue weighted by molar-refractivity contribution is 6.03. The summed E-state index contributed by atoms with van der Waals surface area (Å²) in [4.78, 5) is 50.5. The zero-order valence-corrected chi connectivity index (χ0v) is 31.5. The van der Waals surface area contributed by atoms with Crippen molar-refractivity contribution in [2.24, 2.45) is 23.2 Å². The van der Waals surface area contributed by atoms with E-state index in [0.29, 0.717) is 56.7 Å². The van der Waals surface area contributed by atoms with Gasteiger partial charge in [0.15, 0.2) is 0 Å². The molecule has 272 valence electrons. The van der Waals surface area contributed by atoms with Crippen molar-refractivity contribution in [2.45, 2.75) is 123 Å². The summed E-state index contributed by atoms with van der Waals surface area (Å²) in [6, 6.07) is 5.74. The number of nitrogens with zero attached hydrogens (tertiary/aromatic N) is 3. The van der Waals surface area contributed by atoms with Crippen molar-refractivity contribution in [1.29, 1.82) is 0 Å². The van der Waals surface area contributed by atoms with E-state index in [-0.39, 0.29) is 42.2 Å². The SMILES string of the molecule is C=CCN(C(=O)[C@@H]1[C@H]2C(=O)N([C@@H](CO)[C@@H](C)CC)C(C(=O)N(CC=C)C(C)(C)CC(C)(C)C)C23CC[C@@]1(CC)O3)c1ccc(OCC)cc1. The summed E-state index contributed by atoms with van der Waals surface area (Å²) in [5, 5.41) is 10.9. The predicted molar refractivity (Wildman–Crippen MR) is 194 cm³/mol. The van der Waals surface area contributed by atoms with Gasteiger partial charge in [-0.1, -0.05) is 60.1 Å². The van der Waals surface area contributed by atoms with E-state index in [2.05, 4.69) is 47.8 Å². The van der Waals surface area contributed by atoms with E-state index in [1.54, 1.807) is 22.0 Å². The van der Waals surface area contributed by atoms with Crippen LogP contribution < -0.4 is 9.64 Å².